The van der Waals surface area contributed by atoms with Gasteiger partial charge in [-0.25, -0.2) is 0 Å². The van der Waals surface area contributed by atoms with Gasteiger partial charge in [-0.05, 0) is 31.2 Å². The first-order valence-corrected chi connectivity index (χ1v) is 4.93. The Morgan fingerprint density at radius 3 is 2.93 bits per heavy atom. The summed E-state index contributed by atoms with van der Waals surface area (Å²) >= 11 is 5.91. The lowest BCUT2D eigenvalue weighted by Gasteiger charge is -2.04. The third-order valence-electron chi connectivity index (χ3n) is 2.17. The summed E-state index contributed by atoms with van der Waals surface area (Å²) < 4.78 is 2.17. The molecule has 2 rings (SSSR count). The number of aromatic nitrogens is 1. The molecule has 0 aliphatic carbocycles. The van der Waals surface area contributed by atoms with Crippen molar-refractivity contribution < 1.29 is 0 Å². The predicted molar refractivity (Wildman–Crippen MR) is 61.8 cm³/mol. The molecule has 0 N–H and O–H groups in total. The maximum Gasteiger partial charge on any atom is 0.0484 e. The maximum absolute atomic E-state index is 5.91. The van der Waals surface area contributed by atoms with Gasteiger partial charge in [0.2, 0.25) is 0 Å². The molecule has 0 aliphatic rings. The van der Waals surface area contributed by atoms with E-state index in [2.05, 4.69) is 23.4 Å². The second kappa shape index (κ2) is 3.50. The van der Waals surface area contributed by atoms with Crippen LogP contribution in [0.4, 0.5) is 0 Å². The Kier molecular flexibility index (Phi) is 2.34. The van der Waals surface area contributed by atoms with Crippen molar-refractivity contribution in [2.45, 2.75) is 13.5 Å². The molecule has 0 aliphatic heterocycles. The fourth-order valence-electron chi connectivity index (χ4n) is 1.60. The Labute approximate surface area is 88.6 Å². The van der Waals surface area contributed by atoms with Crippen molar-refractivity contribution >= 4 is 22.5 Å². The van der Waals surface area contributed by atoms with Gasteiger partial charge in [0.05, 0.1) is 0 Å². The molecule has 14 heavy (non-hydrogen) atoms. The zero-order valence-electron chi connectivity index (χ0n) is 8.13. The van der Waals surface area contributed by atoms with E-state index in [1.54, 1.807) is 0 Å². The Morgan fingerprint density at radius 2 is 2.21 bits per heavy atom. The van der Waals surface area contributed by atoms with Crippen LogP contribution in [0.5, 0.6) is 0 Å². The second-order valence-corrected chi connectivity index (χ2v) is 4.04. The number of rotatable bonds is 2. The van der Waals surface area contributed by atoms with Crippen LogP contribution >= 0.6 is 11.6 Å². The zero-order chi connectivity index (χ0) is 10.1. The van der Waals surface area contributed by atoms with E-state index in [0.29, 0.717) is 0 Å². The van der Waals surface area contributed by atoms with Crippen LogP contribution < -0.4 is 0 Å². The van der Waals surface area contributed by atoms with Crippen molar-refractivity contribution in [1.82, 2.24) is 4.57 Å². The number of hydrogen-bond donors (Lipinski definition) is 0. The zero-order valence-corrected chi connectivity index (χ0v) is 8.88. The standard InChI is InChI=1S/C12H12ClN/c1-9(2)8-14-6-5-10-7-11(13)3-4-12(10)14/h3-7H,1,8H2,2H3. The van der Waals surface area contributed by atoms with Crippen LogP contribution in [0.2, 0.25) is 5.02 Å². The molecule has 72 valence electrons. The van der Waals surface area contributed by atoms with Gasteiger partial charge in [-0.3, -0.25) is 0 Å². The highest BCUT2D eigenvalue weighted by Gasteiger charge is 2.00. The minimum absolute atomic E-state index is 0.783. The Hall–Kier alpha value is -1.21. The van der Waals surface area contributed by atoms with Crippen molar-refractivity contribution in [3.63, 3.8) is 0 Å². The van der Waals surface area contributed by atoms with Crippen LogP contribution in [0.3, 0.4) is 0 Å². The fraction of sp³-hybridized carbons (Fsp3) is 0.167. The summed E-state index contributed by atoms with van der Waals surface area (Å²) in [6.07, 6.45) is 2.07. The lowest BCUT2D eigenvalue weighted by atomic mass is 10.2. The van der Waals surface area contributed by atoms with E-state index in [-0.39, 0.29) is 0 Å². The molecule has 1 aromatic carbocycles. The van der Waals surface area contributed by atoms with E-state index in [1.807, 2.05) is 25.1 Å². The van der Waals surface area contributed by atoms with Gasteiger partial charge < -0.3 is 4.57 Å². The smallest absolute Gasteiger partial charge is 0.0484 e. The van der Waals surface area contributed by atoms with Crippen molar-refractivity contribution in [3.8, 4) is 0 Å². The van der Waals surface area contributed by atoms with Crippen LogP contribution in [0.25, 0.3) is 10.9 Å². The van der Waals surface area contributed by atoms with Crippen LogP contribution in [-0.4, -0.2) is 4.57 Å². The molecule has 0 fully saturated rings. The SMILES string of the molecule is C=C(C)Cn1ccc2cc(Cl)ccc21. The summed E-state index contributed by atoms with van der Waals surface area (Å²) in [5.74, 6) is 0. The third kappa shape index (κ3) is 1.68. The van der Waals surface area contributed by atoms with Gasteiger partial charge in [0.25, 0.3) is 0 Å². The molecule has 2 heteroatoms. The summed E-state index contributed by atoms with van der Waals surface area (Å²) in [5.41, 5.74) is 2.36. The first-order chi connectivity index (χ1) is 6.66. The van der Waals surface area contributed by atoms with Crippen LogP contribution in [0, 0.1) is 0 Å². The lowest BCUT2D eigenvalue weighted by Crippen LogP contribution is -1.95. The monoisotopic (exact) mass is 205 g/mol. The average Bonchev–Trinajstić information content (AvgIpc) is 2.47. The summed E-state index contributed by atoms with van der Waals surface area (Å²) in [6.45, 7) is 6.80. The van der Waals surface area contributed by atoms with Crippen LogP contribution in [-0.2, 0) is 6.54 Å². The highest BCUT2D eigenvalue weighted by Crippen LogP contribution is 2.20. The molecule has 0 bridgehead atoms. The number of nitrogens with zero attached hydrogens (tertiary/aromatic N) is 1. The number of halogens is 1. The number of benzene rings is 1. The Bertz CT molecular complexity index is 482. The van der Waals surface area contributed by atoms with E-state index in [0.717, 1.165) is 17.1 Å². The molecule has 0 amide bonds. The Balaban J connectivity index is 2.52. The van der Waals surface area contributed by atoms with E-state index >= 15 is 0 Å². The molecule has 0 saturated carbocycles. The van der Waals surface area contributed by atoms with Crippen molar-refractivity contribution in [3.05, 3.63) is 47.6 Å². The molecular formula is C12H12ClN. The van der Waals surface area contributed by atoms with Gasteiger partial charge in [0, 0.05) is 28.7 Å². The molecule has 1 aromatic heterocycles. The quantitative estimate of drug-likeness (QED) is 0.656. The minimum atomic E-state index is 0.783. The number of fused-ring (bicyclic) bond motifs is 1. The van der Waals surface area contributed by atoms with Crippen molar-refractivity contribution in [2.24, 2.45) is 0 Å². The maximum atomic E-state index is 5.91. The number of hydrogen-bond acceptors (Lipinski definition) is 0. The van der Waals surface area contributed by atoms with Gasteiger partial charge in [0.1, 0.15) is 0 Å². The van der Waals surface area contributed by atoms with Gasteiger partial charge in [-0.2, -0.15) is 0 Å². The van der Waals surface area contributed by atoms with Gasteiger partial charge in [-0.15, -0.1) is 0 Å². The summed E-state index contributed by atoms with van der Waals surface area (Å²) in [7, 11) is 0. The molecule has 1 heterocycles. The topological polar surface area (TPSA) is 4.93 Å². The fourth-order valence-corrected chi connectivity index (χ4v) is 1.78. The average molecular weight is 206 g/mol. The van der Waals surface area contributed by atoms with E-state index in [4.69, 9.17) is 11.6 Å². The van der Waals surface area contributed by atoms with Gasteiger partial charge in [-0.1, -0.05) is 23.8 Å². The molecule has 0 atom stereocenters. The highest BCUT2D eigenvalue weighted by atomic mass is 35.5. The predicted octanol–water partition coefficient (Wildman–Crippen LogP) is 3.87. The van der Waals surface area contributed by atoms with Crippen molar-refractivity contribution in [2.75, 3.05) is 0 Å². The first kappa shape index (κ1) is 9.35. The molecule has 0 spiro atoms. The van der Waals surface area contributed by atoms with Crippen molar-refractivity contribution in [1.29, 1.82) is 0 Å². The Morgan fingerprint density at radius 1 is 1.43 bits per heavy atom. The van der Waals surface area contributed by atoms with E-state index in [9.17, 15) is 0 Å². The first-order valence-electron chi connectivity index (χ1n) is 4.55. The lowest BCUT2D eigenvalue weighted by molar-refractivity contribution is 0.822. The van der Waals surface area contributed by atoms with Gasteiger partial charge in [0.15, 0.2) is 0 Å². The molecule has 2 aromatic rings. The second-order valence-electron chi connectivity index (χ2n) is 3.60. The molecular weight excluding hydrogens is 194 g/mol. The molecule has 0 saturated heterocycles. The van der Waals surface area contributed by atoms with Crippen LogP contribution in [0.15, 0.2) is 42.6 Å². The normalized spacial score (nSPS) is 10.7. The molecule has 0 radical (unpaired) electrons. The van der Waals surface area contributed by atoms with E-state index in [1.165, 1.54) is 10.9 Å². The number of allylic oxidation sites excluding steroid dienone is 1. The third-order valence-corrected chi connectivity index (χ3v) is 2.41. The summed E-state index contributed by atoms with van der Waals surface area (Å²) in [5, 5.41) is 1.96. The summed E-state index contributed by atoms with van der Waals surface area (Å²) in [4.78, 5) is 0. The molecule has 1 nitrogen and oxygen atoms in total. The summed E-state index contributed by atoms with van der Waals surface area (Å²) in [6, 6.07) is 8.01. The highest BCUT2D eigenvalue weighted by molar-refractivity contribution is 6.31. The minimum Gasteiger partial charge on any atom is -0.343 e. The van der Waals surface area contributed by atoms with E-state index < -0.39 is 0 Å². The van der Waals surface area contributed by atoms with Gasteiger partial charge >= 0.3 is 0 Å². The molecule has 0 unspecified atom stereocenters. The largest absolute Gasteiger partial charge is 0.343 e. The van der Waals surface area contributed by atoms with Crippen LogP contribution in [0.1, 0.15) is 6.92 Å².